The number of Topliss-reactive ketones (excluding diaryl/α,β-unsaturated/α-hetero) is 1. The van der Waals surface area contributed by atoms with Crippen LogP contribution in [0, 0.1) is 13.8 Å². The van der Waals surface area contributed by atoms with E-state index in [1.165, 1.54) is 11.0 Å². The molecule has 0 aliphatic carbocycles. The van der Waals surface area contributed by atoms with Crippen LogP contribution in [0.25, 0.3) is 0 Å². The molecule has 5 nitrogen and oxygen atoms in total. The van der Waals surface area contributed by atoms with Gasteiger partial charge in [-0.05, 0) is 48.7 Å². The van der Waals surface area contributed by atoms with Gasteiger partial charge >= 0.3 is 6.36 Å². The Labute approximate surface area is 153 Å². The normalized spacial score (nSPS) is 13.8. The molecule has 0 unspecified atom stereocenters. The van der Waals surface area contributed by atoms with E-state index in [9.17, 15) is 22.8 Å². The number of ketones is 1. The molecule has 8 heteroatoms. The first-order chi connectivity index (χ1) is 12.6. The molecule has 0 spiro atoms. The zero-order chi connectivity index (χ0) is 19.9. The van der Waals surface area contributed by atoms with E-state index in [1.54, 1.807) is 7.11 Å². The Morgan fingerprint density at radius 3 is 2.22 bits per heavy atom. The lowest BCUT2D eigenvalue weighted by Gasteiger charge is -2.19. The molecule has 0 bridgehead atoms. The topological polar surface area (TPSA) is 55.8 Å². The molecule has 0 aromatic heterocycles. The zero-order valence-electron chi connectivity index (χ0n) is 14.8. The summed E-state index contributed by atoms with van der Waals surface area (Å²) in [6, 6.07) is 6.97. The molecule has 0 saturated carbocycles. The van der Waals surface area contributed by atoms with Crippen LogP contribution in [0.2, 0.25) is 0 Å². The van der Waals surface area contributed by atoms with E-state index in [2.05, 4.69) is 4.74 Å². The highest BCUT2D eigenvalue weighted by molar-refractivity contribution is 6.52. The summed E-state index contributed by atoms with van der Waals surface area (Å²) >= 11 is 0. The number of fused-ring (bicyclic) bond motifs is 1. The van der Waals surface area contributed by atoms with E-state index >= 15 is 0 Å². The molecular formula is C19H16F3NO4. The lowest BCUT2D eigenvalue weighted by atomic mass is 10.1. The van der Waals surface area contributed by atoms with Crippen LogP contribution in [0.15, 0.2) is 30.3 Å². The summed E-state index contributed by atoms with van der Waals surface area (Å²) in [5.41, 5.74) is 2.67. The number of carbonyl (C=O) groups is 2. The number of methoxy groups -OCH3 is 1. The fourth-order valence-electron chi connectivity index (χ4n) is 3.27. The van der Waals surface area contributed by atoms with Crippen molar-refractivity contribution in [2.75, 3.05) is 12.0 Å². The number of alkyl halides is 3. The molecule has 3 rings (SSSR count). The SMILES string of the molecule is COc1c(C)cc(CN2C(=O)C(=O)c3cc(OC(F)(F)F)ccc32)cc1C. The number of benzene rings is 2. The fraction of sp³-hybridized carbons (Fsp3) is 0.263. The van der Waals surface area contributed by atoms with E-state index in [0.29, 0.717) is 0 Å². The molecule has 1 aliphatic rings. The minimum atomic E-state index is -4.88. The van der Waals surface area contributed by atoms with E-state index in [-0.39, 0.29) is 17.8 Å². The van der Waals surface area contributed by atoms with Crippen LogP contribution in [0.4, 0.5) is 18.9 Å². The van der Waals surface area contributed by atoms with Gasteiger partial charge in [-0.1, -0.05) is 12.1 Å². The van der Waals surface area contributed by atoms with Crippen LogP contribution in [-0.4, -0.2) is 25.2 Å². The van der Waals surface area contributed by atoms with Crippen molar-refractivity contribution in [3.8, 4) is 11.5 Å². The summed E-state index contributed by atoms with van der Waals surface area (Å²) in [6.45, 7) is 3.84. The second-order valence-corrected chi connectivity index (χ2v) is 6.21. The predicted molar refractivity (Wildman–Crippen MR) is 91.1 cm³/mol. The van der Waals surface area contributed by atoms with Crippen LogP contribution >= 0.6 is 0 Å². The summed E-state index contributed by atoms with van der Waals surface area (Å²) in [7, 11) is 1.56. The molecule has 0 saturated heterocycles. The molecule has 1 aliphatic heterocycles. The van der Waals surface area contributed by atoms with Gasteiger partial charge in [0.05, 0.1) is 24.9 Å². The number of hydrogen-bond acceptors (Lipinski definition) is 4. The largest absolute Gasteiger partial charge is 0.573 e. The second kappa shape index (κ2) is 6.61. The molecule has 0 atom stereocenters. The van der Waals surface area contributed by atoms with Crippen molar-refractivity contribution in [2.45, 2.75) is 26.8 Å². The van der Waals surface area contributed by atoms with Crippen molar-refractivity contribution in [3.63, 3.8) is 0 Å². The number of nitrogens with zero attached hydrogens (tertiary/aromatic N) is 1. The number of anilines is 1. The Morgan fingerprint density at radius 2 is 1.67 bits per heavy atom. The van der Waals surface area contributed by atoms with Crippen LogP contribution in [-0.2, 0) is 11.3 Å². The standard InChI is InChI=1S/C19H16F3NO4/c1-10-6-12(7-11(2)17(10)26-3)9-23-15-5-4-13(27-19(20,21)22)8-14(15)16(24)18(23)25/h4-8H,9H2,1-3H3. The minimum Gasteiger partial charge on any atom is -0.496 e. The third kappa shape index (κ3) is 3.60. The summed E-state index contributed by atoms with van der Waals surface area (Å²) < 4.78 is 46.3. The summed E-state index contributed by atoms with van der Waals surface area (Å²) in [6.07, 6.45) is -4.88. The molecular weight excluding hydrogens is 363 g/mol. The Balaban J connectivity index is 1.93. The molecule has 1 amide bonds. The molecule has 0 radical (unpaired) electrons. The smallest absolute Gasteiger partial charge is 0.496 e. The molecule has 2 aromatic rings. The van der Waals surface area contributed by atoms with E-state index in [1.807, 2.05) is 26.0 Å². The maximum atomic E-state index is 12.4. The van der Waals surface area contributed by atoms with Gasteiger partial charge in [-0.3, -0.25) is 9.59 Å². The number of ether oxygens (including phenoxy) is 2. The van der Waals surface area contributed by atoms with Crippen molar-refractivity contribution in [3.05, 3.63) is 52.6 Å². The number of halogens is 3. The third-order valence-corrected chi connectivity index (χ3v) is 4.24. The summed E-state index contributed by atoms with van der Waals surface area (Å²) in [5, 5.41) is 0. The average Bonchev–Trinajstić information content (AvgIpc) is 2.78. The predicted octanol–water partition coefficient (Wildman–Crippen LogP) is 3.94. The highest BCUT2D eigenvalue weighted by atomic mass is 19.4. The van der Waals surface area contributed by atoms with Gasteiger partial charge in [-0.2, -0.15) is 0 Å². The van der Waals surface area contributed by atoms with Gasteiger partial charge in [-0.15, -0.1) is 13.2 Å². The monoisotopic (exact) mass is 379 g/mol. The highest BCUT2D eigenvalue weighted by Crippen LogP contribution is 2.35. The molecule has 0 fully saturated rings. The molecule has 1 heterocycles. The van der Waals surface area contributed by atoms with Crippen molar-refractivity contribution in [1.82, 2.24) is 0 Å². The maximum Gasteiger partial charge on any atom is 0.573 e. The quantitative estimate of drug-likeness (QED) is 0.755. The lowest BCUT2D eigenvalue weighted by Crippen LogP contribution is -2.29. The van der Waals surface area contributed by atoms with Gasteiger partial charge < -0.3 is 14.4 Å². The summed E-state index contributed by atoms with van der Waals surface area (Å²) in [5.74, 6) is -1.46. The number of hydrogen-bond donors (Lipinski definition) is 0. The Hall–Kier alpha value is -3.03. The van der Waals surface area contributed by atoms with E-state index in [0.717, 1.165) is 34.6 Å². The van der Waals surface area contributed by atoms with E-state index in [4.69, 9.17) is 4.74 Å². The second-order valence-electron chi connectivity index (χ2n) is 6.21. The Bertz CT molecular complexity index is 914. The molecule has 27 heavy (non-hydrogen) atoms. The van der Waals surface area contributed by atoms with Crippen molar-refractivity contribution < 1.29 is 32.2 Å². The Morgan fingerprint density at radius 1 is 1.04 bits per heavy atom. The zero-order valence-corrected chi connectivity index (χ0v) is 14.8. The number of carbonyl (C=O) groups excluding carboxylic acids is 2. The first kappa shape index (κ1) is 18.8. The third-order valence-electron chi connectivity index (χ3n) is 4.24. The average molecular weight is 379 g/mol. The van der Waals surface area contributed by atoms with Crippen molar-refractivity contribution in [2.24, 2.45) is 0 Å². The number of rotatable bonds is 4. The minimum absolute atomic E-state index is 0.108. The maximum absolute atomic E-state index is 12.4. The number of aryl methyl sites for hydroxylation is 2. The van der Waals surface area contributed by atoms with Gasteiger partial charge in [0.2, 0.25) is 0 Å². The van der Waals surface area contributed by atoms with Gasteiger partial charge in [0.25, 0.3) is 11.7 Å². The highest BCUT2D eigenvalue weighted by Gasteiger charge is 2.37. The molecule has 0 N–H and O–H groups in total. The van der Waals surface area contributed by atoms with E-state index < -0.39 is 23.8 Å². The van der Waals surface area contributed by atoms with Crippen molar-refractivity contribution >= 4 is 17.4 Å². The van der Waals surface area contributed by atoms with Gasteiger partial charge in [0, 0.05) is 0 Å². The molecule has 142 valence electrons. The van der Waals surface area contributed by atoms with Crippen LogP contribution in [0.5, 0.6) is 11.5 Å². The summed E-state index contributed by atoms with van der Waals surface area (Å²) in [4.78, 5) is 25.8. The van der Waals surface area contributed by atoms with Crippen LogP contribution in [0.1, 0.15) is 27.0 Å². The van der Waals surface area contributed by atoms with Crippen LogP contribution < -0.4 is 14.4 Å². The fourth-order valence-corrected chi connectivity index (χ4v) is 3.27. The number of amides is 1. The lowest BCUT2D eigenvalue weighted by molar-refractivity contribution is -0.274. The van der Waals surface area contributed by atoms with Crippen molar-refractivity contribution in [1.29, 1.82) is 0 Å². The first-order valence-electron chi connectivity index (χ1n) is 8.01. The van der Waals surface area contributed by atoms with Gasteiger partial charge in [0.15, 0.2) is 0 Å². The first-order valence-corrected chi connectivity index (χ1v) is 8.01. The van der Waals surface area contributed by atoms with Gasteiger partial charge in [0.1, 0.15) is 11.5 Å². The van der Waals surface area contributed by atoms with Gasteiger partial charge in [-0.25, -0.2) is 0 Å². The Kier molecular flexibility index (Phi) is 4.59. The van der Waals surface area contributed by atoms with Crippen LogP contribution in [0.3, 0.4) is 0 Å². The molecule has 2 aromatic carbocycles.